The Balaban J connectivity index is 2.77. The lowest BCUT2D eigenvalue weighted by Gasteiger charge is -2.10. The van der Waals surface area contributed by atoms with Crippen LogP contribution in [0.25, 0.3) is 0 Å². The third kappa shape index (κ3) is 3.45. The molecule has 0 spiro atoms. The Hall–Kier alpha value is -2.09. The molecule has 0 fully saturated rings. The monoisotopic (exact) mass is 232 g/mol. The summed E-state index contributed by atoms with van der Waals surface area (Å²) in [6.07, 6.45) is 0.377. The molecule has 1 aromatic heterocycles. The summed E-state index contributed by atoms with van der Waals surface area (Å²) in [6.45, 7) is 4.17. The lowest BCUT2D eigenvalue weighted by molar-refractivity contribution is -0.120. The minimum atomic E-state index is -0.0292. The first-order valence-electron chi connectivity index (χ1n) is 5.41. The van der Waals surface area contributed by atoms with Gasteiger partial charge in [-0.15, -0.1) is 0 Å². The van der Waals surface area contributed by atoms with E-state index in [0.29, 0.717) is 24.2 Å². The maximum absolute atomic E-state index is 11.1. The Kier molecular flexibility index (Phi) is 4.46. The second-order valence-corrected chi connectivity index (χ2v) is 3.73. The van der Waals surface area contributed by atoms with Crippen LogP contribution in [0.15, 0.2) is 6.07 Å². The predicted octanol–water partition coefficient (Wildman–Crippen LogP) is 1.12. The van der Waals surface area contributed by atoms with Crippen molar-refractivity contribution in [3.63, 3.8) is 0 Å². The smallest absolute Gasteiger partial charge is 0.221 e. The molecule has 0 aromatic carbocycles. The van der Waals surface area contributed by atoms with Gasteiger partial charge in [0.25, 0.3) is 0 Å². The SMILES string of the molecule is CNC(=O)CCNc1cc(C)nc(C)c1C#N. The second-order valence-electron chi connectivity index (χ2n) is 3.73. The average molecular weight is 232 g/mol. The van der Waals surface area contributed by atoms with Gasteiger partial charge in [-0.1, -0.05) is 0 Å². The molecule has 1 aromatic rings. The third-order valence-corrected chi connectivity index (χ3v) is 2.39. The standard InChI is InChI=1S/C12H16N4O/c1-8-6-11(10(7-13)9(2)16-8)15-5-4-12(17)14-3/h6H,4-5H2,1-3H3,(H,14,17)(H,15,16). The van der Waals surface area contributed by atoms with Gasteiger partial charge < -0.3 is 10.6 Å². The summed E-state index contributed by atoms with van der Waals surface area (Å²) in [6, 6.07) is 3.93. The lowest BCUT2D eigenvalue weighted by atomic mass is 10.1. The molecule has 1 heterocycles. The van der Waals surface area contributed by atoms with Crippen molar-refractivity contribution < 1.29 is 4.79 Å². The first-order valence-corrected chi connectivity index (χ1v) is 5.41. The maximum Gasteiger partial charge on any atom is 0.221 e. The number of carbonyl (C=O) groups excluding carboxylic acids is 1. The minimum Gasteiger partial charge on any atom is -0.383 e. The summed E-state index contributed by atoms with van der Waals surface area (Å²) in [5.74, 6) is -0.0292. The molecule has 0 radical (unpaired) electrons. The van der Waals surface area contributed by atoms with Crippen LogP contribution < -0.4 is 10.6 Å². The molecule has 90 valence electrons. The fourth-order valence-electron chi connectivity index (χ4n) is 1.54. The Morgan fingerprint density at radius 3 is 2.82 bits per heavy atom. The van der Waals surface area contributed by atoms with Crippen LogP contribution in [-0.4, -0.2) is 24.5 Å². The van der Waals surface area contributed by atoms with Crippen molar-refractivity contribution in [1.82, 2.24) is 10.3 Å². The molecule has 0 aliphatic rings. The van der Waals surface area contributed by atoms with Gasteiger partial charge >= 0.3 is 0 Å². The lowest BCUT2D eigenvalue weighted by Crippen LogP contribution is -2.21. The third-order valence-electron chi connectivity index (χ3n) is 2.39. The molecular formula is C12H16N4O. The summed E-state index contributed by atoms with van der Waals surface area (Å²) >= 11 is 0. The minimum absolute atomic E-state index is 0.0292. The Labute approximate surface area is 101 Å². The van der Waals surface area contributed by atoms with Crippen LogP contribution in [0.5, 0.6) is 0 Å². The number of aromatic nitrogens is 1. The molecule has 0 saturated carbocycles. The maximum atomic E-state index is 11.1. The Bertz CT molecular complexity index is 462. The van der Waals surface area contributed by atoms with Crippen LogP contribution in [-0.2, 0) is 4.79 Å². The molecule has 0 saturated heterocycles. The van der Waals surface area contributed by atoms with E-state index in [1.165, 1.54) is 0 Å². The number of aryl methyl sites for hydroxylation is 2. The molecule has 1 rings (SSSR count). The molecule has 2 N–H and O–H groups in total. The van der Waals surface area contributed by atoms with Crippen LogP contribution in [0.4, 0.5) is 5.69 Å². The van der Waals surface area contributed by atoms with Gasteiger partial charge in [-0.05, 0) is 19.9 Å². The molecular weight excluding hydrogens is 216 g/mol. The molecule has 5 heteroatoms. The Morgan fingerprint density at radius 2 is 2.24 bits per heavy atom. The van der Waals surface area contributed by atoms with Gasteiger partial charge in [0.2, 0.25) is 5.91 Å². The molecule has 0 bridgehead atoms. The summed E-state index contributed by atoms with van der Waals surface area (Å²) in [4.78, 5) is 15.3. The summed E-state index contributed by atoms with van der Waals surface area (Å²) in [7, 11) is 1.60. The highest BCUT2D eigenvalue weighted by Crippen LogP contribution is 2.18. The molecule has 0 aliphatic heterocycles. The number of nitriles is 1. The zero-order chi connectivity index (χ0) is 12.8. The highest BCUT2D eigenvalue weighted by Gasteiger charge is 2.07. The molecule has 0 unspecified atom stereocenters. The quantitative estimate of drug-likeness (QED) is 0.815. The van der Waals surface area contributed by atoms with Crippen LogP contribution in [0.3, 0.4) is 0 Å². The topological polar surface area (TPSA) is 77.8 Å². The number of amides is 1. The van der Waals surface area contributed by atoms with Gasteiger partial charge in [-0.25, -0.2) is 0 Å². The largest absolute Gasteiger partial charge is 0.383 e. The zero-order valence-corrected chi connectivity index (χ0v) is 10.3. The van der Waals surface area contributed by atoms with E-state index >= 15 is 0 Å². The number of carbonyl (C=O) groups is 1. The van der Waals surface area contributed by atoms with Crippen molar-refractivity contribution in [2.24, 2.45) is 0 Å². The van der Waals surface area contributed by atoms with Crippen molar-refractivity contribution >= 4 is 11.6 Å². The number of nitrogens with zero attached hydrogens (tertiary/aromatic N) is 2. The highest BCUT2D eigenvalue weighted by molar-refractivity contribution is 5.76. The van der Waals surface area contributed by atoms with Gasteiger partial charge in [-0.2, -0.15) is 5.26 Å². The van der Waals surface area contributed by atoms with Crippen LogP contribution in [0.2, 0.25) is 0 Å². The average Bonchev–Trinajstić information content (AvgIpc) is 2.28. The van der Waals surface area contributed by atoms with Crippen LogP contribution in [0.1, 0.15) is 23.4 Å². The Morgan fingerprint density at radius 1 is 1.53 bits per heavy atom. The van der Waals surface area contributed by atoms with Gasteiger partial charge in [-0.3, -0.25) is 9.78 Å². The second kappa shape index (κ2) is 5.85. The van der Waals surface area contributed by atoms with E-state index in [1.807, 2.05) is 13.0 Å². The van der Waals surface area contributed by atoms with Crippen molar-refractivity contribution in [3.05, 3.63) is 23.0 Å². The molecule has 1 amide bonds. The van der Waals surface area contributed by atoms with Crippen molar-refractivity contribution in [2.75, 3.05) is 18.9 Å². The number of hydrogen-bond acceptors (Lipinski definition) is 4. The zero-order valence-electron chi connectivity index (χ0n) is 10.3. The van der Waals surface area contributed by atoms with E-state index < -0.39 is 0 Å². The fourth-order valence-corrected chi connectivity index (χ4v) is 1.54. The molecule has 17 heavy (non-hydrogen) atoms. The van der Waals surface area contributed by atoms with E-state index in [0.717, 1.165) is 11.4 Å². The van der Waals surface area contributed by atoms with Crippen molar-refractivity contribution in [1.29, 1.82) is 5.26 Å². The molecule has 0 aliphatic carbocycles. The number of pyridine rings is 1. The number of nitrogens with one attached hydrogen (secondary N) is 2. The molecule has 0 atom stereocenters. The van der Waals surface area contributed by atoms with Crippen molar-refractivity contribution in [3.8, 4) is 6.07 Å². The first-order chi connectivity index (χ1) is 8.08. The number of anilines is 1. The fraction of sp³-hybridized carbons (Fsp3) is 0.417. The van der Waals surface area contributed by atoms with Crippen LogP contribution >= 0.6 is 0 Å². The number of hydrogen-bond donors (Lipinski definition) is 2. The van der Waals surface area contributed by atoms with Gasteiger partial charge in [0.05, 0.1) is 16.9 Å². The van der Waals surface area contributed by atoms with E-state index in [2.05, 4.69) is 21.7 Å². The van der Waals surface area contributed by atoms with Gasteiger partial charge in [0, 0.05) is 25.7 Å². The summed E-state index contributed by atoms with van der Waals surface area (Å²) in [5.41, 5.74) is 2.83. The predicted molar refractivity (Wildman–Crippen MR) is 65.6 cm³/mol. The van der Waals surface area contributed by atoms with E-state index in [1.54, 1.807) is 14.0 Å². The van der Waals surface area contributed by atoms with Crippen molar-refractivity contribution in [2.45, 2.75) is 20.3 Å². The summed E-state index contributed by atoms with van der Waals surface area (Å²) < 4.78 is 0. The number of rotatable bonds is 4. The van der Waals surface area contributed by atoms with E-state index in [-0.39, 0.29) is 5.91 Å². The van der Waals surface area contributed by atoms with Crippen LogP contribution in [0, 0.1) is 25.2 Å². The van der Waals surface area contributed by atoms with E-state index in [4.69, 9.17) is 5.26 Å². The van der Waals surface area contributed by atoms with Gasteiger partial charge in [0.1, 0.15) is 6.07 Å². The highest BCUT2D eigenvalue weighted by atomic mass is 16.1. The van der Waals surface area contributed by atoms with E-state index in [9.17, 15) is 4.79 Å². The summed E-state index contributed by atoms with van der Waals surface area (Å²) in [5, 5.41) is 14.7. The first kappa shape index (κ1) is 13.0. The molecule has 5 nitrogen and oxygen atoms in total. The normalized spacial score (nSPS) is 9.53. The van der Waals surface area contributed by atoms with Gasteiger partial charge in [0.15, 0.2) is 0 Å².